The van der Waals surface area contributed by atoms with Crippen molar-refractivity contribution in [2.45, 2.75) is 38.8 Å². The molecule has 0 aliphatic rings. The lowest BCUT2D eigenvalue weighted by molar-refractivity contribution is -0.117. The third-order valence-corrected chi connectivity index (χ3v) is 3.12. The van der Waals surface area contributed by atoms with E-state index in [4.69, 9.17) is 11.5 Å². The van der Waals surface area contributed by atoms with E-state index < -0.39 is 24.1 Å². The fraction of sp³-hybridized carbons (Fsp3) is 0.375. The Morgan fingerprint density at radius 2 is 1.11 bits per heavy atom. The highest BCUT2D eigenvalue weighted by atomic mass is 16.2. The van der Waals surface area contributed by atoms with Crippen LogP contribution in [0.25, 0.3) is 0 Å². The number of azo groups is 2. The highest BCUT2D eigenvalue weighted by Crippen LogP contribution is 2.15. The molecule has 2 unspecified atom stereocenters. The molecule has 28 heavy (non-hydrogen) atoms. The Bertz CT molecular complexity index is 710. The number of carbonyl (C=O) groups excluding carboxylic acids is 4. The predicted octanol–water partition coefficient (Wildman–Crippen LogP) is 2.18. The quantitative estimate of drug-likeness (QED) is 0.494. The predicted molar refractivity (Wildman–Crippen MR) is 101 cm³/mol. The molecule has 1 aromatic carbocycles. The normalized spacial score (nSPS) is 13.2. The summed E-state index contributed by atoms with van der Waals surface area (Å²) in [5, 5.41) is 18.9. The molecule has 0 heterocycles. The number of primary amides is 2. The van der Waals surface area contributed by atoms with Crippen LogP contribution in [0.1, 0.15) is 26.7 Å². The fourth-order valence-corrected chi connectivity index (χ4v) is 1.99. The van der Waals surface area contributed by atoms with Crippen molar-refractivity contribution in [3.8, 4) is 0 Å². The molecule has 2 atom stereocenters. The summed E-state index contributed by atoms with van der Waals surface area (Å²) in [6.07, 6.45) is 0.0417. The Morgan fingerprint density at radius 1 is 0.786 bits per heavy atom. The SMILES string of the molecule is CC(CC(=O)Nc1ccc(NC(=O)CC(C)N=NC(N)=O)cc1)N=NC(N)=O. The highest BCUT2D eigenvalue weighted by molar-refractivity contribution is 5.93. The third-order valence-electron chi connectivity index (χ3n) is 3.12. The lowest BCUT2D eigenvalue weighted by Crippen LogP contribution is -2.18. The van der Waals surface area contributed by atoms with Gasteiger partial charge in [-0.2, -0.15) is 10.2 Å². The first-order valence-electron chi connectivity index (χ1n) is 8.26. The van der Waals surface area contributed by atoms with Crippen LogP contribution in [0.3, 0.4) is 0 Å². The van der Waals surface area contributed by atoms with Crippen LogP contribution >= 0.6 is 0 Å². The second-order valence-corrected chi connectivity index (χ2v) is 5.89. The molecule has 0 fully saturated rings. The number of hydrogen-bond acceptors (Lipinski definition) is 6. The first-order valence-corrected chi connectivity index (χ1v) is 8.26. The van der Waals surface area contributed by atoms with Gasteiger partial charge in [-0.3, -0.25) is 9.59 Å². The minimum atomic E-state index is -0.921. The van der Waals surface area contributed by atoms with Gasteiger partial charge in [0.2, 0.25) is 11.8 Å². The standard InChI is InChI=1S/C16H22N8O4/c1-9(21-23-15(17)27)7-13(25)19-11-3-5-12(6-4-11)20-14(26)8-10(2)22-24-16(18)28/h3-6,9-10H,7-8H2,1-2H3,(H2,17,27)(H2,18,28)(H,19,25)(H,20,26). The number of rotatable bonds is 8. The van der Waals surface area contributed by atoms with E-state index in [1.165, 1.54) is 0 Å². The maximum absolute atomic E-state index is 11.9. The van der Waals surface area contributed by atoms with Crippen molar-refractivity contribution in [3.05, 3.63) is 24.3 Å². The van der Waals surface area contributed by atoms with Crippen LogP contribution in [0.15, 0.2) is 44.7 Å². The second-order valence-electron chi connectivity index (χ2n) is 5.89. The Balaban J connectivity index is 2.50. The van der Waals surface area contributed by atoms with E-state index >= 15 is 0 Å². The summed E-state index contributed by atoms with van der Waals surface area (Å²) in [5.41, 5.74) is 10.7. The van der Waals surface area contributed by atoms with Crippen molar-refractivity contribution in [1.82, 2.24) is 0 Å². The van der Waals surface area contributed by atoms with Gasteiger partial charge in [0.25, 0.3) is 0 Å². The van der Waals surface area contributed by atoms with Gasteiger partial charge >= 0.3 is 12.1 Å². The van der Waals surface area contributed by atoms with Crippen LogP contribution in [0, 0.1) is 0 Å². The number of amides is 6. The van der Waals surface area contributed by atoms with Gasteiger partial charge in [0.05, 0.1) is 24.9 Å². The Labute approximate surface area is 160 Å². The van der Waals surface area contributed by atoms with E-state index in [9.17, 15) is 19.2 Å². The zero-order chi connectivity index (χ0) is 21.1. The molecule has 0 saturated heterocycles. The van der Waals surface area contributed by atoms with Crippen LogP contribution < -0.4 is 22.1 Å². The molecule has 150 valence electrons. The molecule has 0 aliphatic carbocycles. The second kappa shape index (κ2) is 11.1. The number of urea groups is 2. The highest BCUT2D eigenvalue weighted by Gasteiger charge is 2.11. The van der Waals surface area contributed by atoms with E-state index in [1.54, 1.807) is 38.1 Å². The smallest absolute Gasteiger partial charge is 0.348 e. The first-order chi connectivity index (χ1) is 13.2. The Hall–Kier alpha value is -3.70. The summed E-state index contributed by atoms with van der Waals surface area (Å²) in [5.74, 6) is -0.636. The van der Waals surface area contributed by atoms with E-state index in [2.05, 4.69) is 31.1 Å². The molecule has 1 aromatic rings. The number of hydrogen-bond donors (Lipinski definition) is 4. The van der Waals surface area contributed by atoms with Crippen molar-refractivity contribution in [2.75, 3.05) is 10.6 Å². The van der Waals surface area contributed by atoms with Crippen LogP contribution in [0.5, 0.6) is 0 Å². The lowest BCUT2D eigenvalue weighted by atomic mass is 10.2. The number of nitrogens with one attached hydrogen (secondary N) is 2. The van der Waals surface area contributed by atoms with Gasteiger partial charge in [0.15, 0.2) is 0 Å². The molecule has 12 nitrogen and oxygen atoms in total. The number of carbonyl (C=O) groups is 4. The summed E-state index contributed by atoms with van der Waals surface area (Å²) in [6, 6.07) is 3.60. The summed E-state index contributed by atoms with van der Waals surface area (Å²) in [7, 11) is 0. The minimum Gasteiger partial charge on any atom is -0.348 e. The van der Waals surface area contributed by atoms with Gasteiger partial charge in [-0.15, -0.1) is 0 Å². The summed E-state index contributed by atoms with van der Waals surface area (Å²) in [6.45, 7) is 3.24. The monoisotopic (exact) mass is 390 g/mol. The van der Waals surface area contributed by atoms with Gasteiger partial charge in [-0.25, -0.2) is 9.59 Å². The number of anilines is 2. The molecule has 0 radical (unpaired) electrons. The van der Waals surface area contributed by atoms with E-state index in [1.807, 2.05) is 0 Å². The van der Waals surface area contributed by atoms with E-state index in [0.717, 1.165) is 0 Å². The zero-order valence-corrected chi connectivity index (χ0v) is 15.5. The van der Waals surface area contributed by atoms with E-state index in [0.29, 0.717) is 11.4 Å². The van der Waals surface area contributed by atoms with Crippen molar-refractivity contribution in [3.63, 3.8) is 0 Å². The molecule has 12 heteroatoms. The minimum absolute atomic E-state index is 0.0208. The molecule has 0 spiro atoms. The van der Waals surface area contributed by atoms with Crippen LogP contribution in [0.4, 0.5) is 21.0 Å². The van der Waals surface area contributed by atoms with Crippen LogP contribution in [-0.4, -0.2) is 36.0 Å². The maximum atomic E-state index is 11.9. The van der Waals surface area contributed by atoms with Crippen LogP contribution in [0.2, 0.25) is 0 Å². The van der Waals surface area contributed by atoms with Gasteiger partial charge in [0, 0.05) is 11.4 Å². The van der Waals surface area contributed by atoms with Crippen molar-refractivity contribution < 1.29 is 19.2 Å². The van der Waals surface area contributed by atoms with Crippen molar-refractivity contribution in [2.24, 2.45) is 31.9 Å². The molecule has 1 rings (SSSR count). The summed E-state index contributed by atoms with van der Waals surface area (Å²) >= 11 is 0. The summed E-state index contributed by atoms with van der Waals surface area (Å²) in [4.78, 5) is 44.8. The van der Waals surface area contributed by atoms with Gasteiger partial charge < -0.3 is 22.1 Å². The van der Waals surface area contributed by atoms with Crippen molar-refractivity contribution >= 4 is 35.3 Å². The van der Waals surface area contributed by atoms with E-state index in [-0.39, 0.29) is 24.7 Å². The topological polar surface area (TPSA) is 194 Å². The lowest BCUT2D eigenvalue weighted by Gasteiger charge is -2.09. The molecule has 0 aliphatic heterocycles. The first kappa shape index (κ1) is 22.3. The number of nitrogens with two attached hydrogens (primary N) is 2. The average molecular weight is 390 g/mol. The Kier molecular flexibility index (Phi) is 8.86. The average Bonchev–Trinajstić information content (AvgIpc) is 2.59. The molecule has 0 saturated carbocycles. The summed E-state index contributed by atoms with van der Waals surface area (Å²) < 4.78 is 0. The molecule has 6 amide bonds. The zero-order valence-electron chi connectivity index (χ0n) is 15.5. The molecular weight excluding hydrogens is 368 g/mol. The van der Waals surface area contributed by atoms with Gasteiger partial charge in [0.1, 0.15) is 0 Å². The number of nitrogens with zero attached hydrogens (tertiary/aromatic N) is 4. The maximum Gasteiger partial charge on any atom is 0.356 e. The Morgan fingerprint density at radius 3 is 1.39 bits per heavy atom. The molecule has 0 aromatic heterocycles. The largest absolute Gasteiger partial charge is 0.356 e. The third kappa shape index (κ3) is 9.70. The molecular formula is C16H22N8O4. The number of benzene rings is 1. The van der Waals surface area contributed by atoms with Gasteiger partial charge in [-0.05, 0) is 38.1 Å². The molecule has 6 N–H and O–H groups in total. The molecule has 0 bridgehead atoms. The fourth-order valence-electron chi connectivity index (χ4n) is 1.99. The van der Waals surface area contributed by atoms with Gasteiger partial charge in [-0.1, -0.05) is 10.2 Å². The van der Waals surface area contributed by atoms with Crippen LogP contribution in [-0.2, 0) is 9.59 Å². The van der Waals surface area contributed by atoms with Crippen molar-refractivity contribution in [1.29, 1.82) is 0 Å².